The van der Waals surface area contributed by atoms with Crippen LogP contribution in [0, 0.1) is 17.0 Å². The smallest absolute Gasteiger partial charge is 0.407 e. The van der Waals surface area contributed by atoms with Gasteiger partial charge in [0.15, 0.2) is 11.7 Å². The number of alkyl halides is 2. The number of amides is 1. The van der Waals surface area contributed by atoms with E-state index >= 15 is 0 Å². The molecule has 2 unspecified atom stereocenters. The van der Waals surface area contributed by atoms with Crippen LogP contribution in [0.1, 0.15) is 62.6 Å². The van der Waals surface area contributed by atoms with Crippen molar-refractivity contribution in [1.82, 2.24) is 24.8 Å². The van der Waals surface area contributed by atoms with Gasteiger partial charge in [-0.1, -0.05) is 0 Å². The highest BCUT2D eigenvalue weighted by molar-refractivity contribution is 5.92. The zero-order valence-electron chi connectivity index (χ0n) is 21.5. The number of alkyl carbamates (subject to hydrolysis) is 1. The summed E-state index contributed by atoms with van der Waals surface area (Å²) >= 11 is 0. The Bertz CT molecular complexity index is 1210. The molecule has 3 atom stereocenters. The molecule has 38 heavy (non-hydrogen) atoms. The van der Waals surface area contributed by atoms with Crippen LogP contribution in [-0.4, -0.2) is 62.7 Å². The maximum Gasteiger partial charge on any atom is 0.407 e. The summed E-state index contributed by atoms with van der Waals surface area (Å²) in [6.07, 6.45) is -1.51. The number of carbonyl (C=O) groups is 1. The predicted molar refractivity (Wildman–Crippen MR) is 128 cm³/mol. The molecule has 208 valence electrons. The van der Waals surface area contributed by atoms with E-state index in [1.54, 1.807) is 20.8 Å². The molecule has 1 fully saturated rings. The van der Waals surface area contributed by atoms with Crippen LogP contribution >= 0.6 is 0 Å². The van der Waals surface area contributed by atoms with E-state index in [1.165, 1.54) is 7.05 Å². The number of nitrogens with two attached hydrogens (primary N) is 1. The lowest BCUT2D eigenvalue weighted by Crippen LogP contribution is -2.52. The van der Waals surface area contributed by atoms with Crippen molar-refractivity contribution in [2.45, 2.75) is 70.6 Å². The largest absolute Gasteiger partial charge is 0.444 e. The number of nitrogens with zero attached hydrogens (tertiary/aromatic N) is 4. The van der Waals surface area contributed by atoms with Crippen LogP contribution in [0.4, 0.5) is 22.4 Å². The molecular formula is C24H31F4N7O3. The number of hydrogen-bond donors (Lipinski definition) is 3. The summed E-state index contributed by atoms with van der Waals surface area (Å²) in [6.45, 7) is 2.49. The molecule has 1 amide bonds. The summed E-state index contributed by atoms with van der Waals surface area (Å²) in [5.74, 6) is 3.63. The second-order valence-electron chi connectivity index (χ2n) is 10.4. The molecular weight excluding hydrogens is 510 g/mol. The number of carbonyl (C=O) groups excluding carboxylic acids is 1. The molecule has 0 spiro atoms. The van der Waals surface area contributed by atoms with Gasteiger partial charge >= 0.3 is 12.6 Å². The Hall–Kier alpha value is -3.23. The monoisotopic (exact) mass is 541 g/mol. The molecule has 0 aliphatic carbocycles. The quantitative estimate of drug-likeness (QED) is 0.174. The minimum Gasteiger partial charge on any atom is -0.444 e. The van der Waals surface area contributed by atoms with Crippen LogP contribution in [-0.2, 0) is 22.6 Å². The number of amidine groups is 1. The molecule has 1 aromatic heterocycles. The molecule has 10 nitrogen and oxygen atoms in total. The zero-order chi connectivity index (χ0) is 27.9. The molecule has 4 N–H and O–H groups in total. The van der Waals surface area contributed by atoms with Crippen molar-refractivity contribution in [2.75, 3.05) is 13.7 Å². The molecule has 2 aromatic rings. The highest BCUT2D eigenvalue weighted by atomic mass is 19.3. The van der Waals surface area contributed by atoms with Crippen molar-refractivity contribution in [1.29, 1.82) is 5.41 Å². The first-order chi connectivity index (χ1) is 17.7. The van der Waals surface area contributed by atoms with Gasteiger partial charge in [-0.15, -0.1) is 0 Å². The van der Waals surface area contributed by atoms with E-state index in [0.717, 1.165) is 23.2 Å². The molecule has 1 saturated heterocycles. The van der Waals surface area contributed by atoms with Gasteiger partial charge in [-0.2, -0.15) is 8.78 Å². The second kappa shape index (κ2) is 10.5. The molecule has 2 aliphatic heterocycles. The van der Waals surface area contributed by atoms with E-state index in [0.29, 0.717) is 10.3 Å². The molecule has 4 rings (SSSR count). The van der Waals surface area contributed by atoms with Gasteiger partial charge in [0.2, 0.25) is 0 Å². The fraction of sp³-hybridized carbons (Fsp3) is 0.542. The average Bonchev–Trinajstić information content (AvgIpc) is 3.37. The van der Waals surface area contributed by atoms with E-state index in [4.69, 9.17) is 20.7 Å². The van der Waals surface area contributed by atoms with E-state index in [9.17, 15) is 22.4 Å². The molecule has 2 aliphatic rings. The number of halogens is 4. The van der Waals surface area contributed by atoms with Gasteiger partial charge in [0, 0.05) is 31.7 Å². The van der Waals surface area contributed by atoms with Crippen molar-refractivity contribution >= 4 is 11.9 Å². The summed E-state index contributed by atoms with van der Waals surface area (Å²) in [5.41, 5.74) is -0.217. The van der Waals surface area contributed by atoms with Crippen LogP contribution in [0.15, 0.2) is 18.2 Å². The lowest BCUT2D eigenvalue weighted by atomic mass is 9.92. The van der Waals surface area contributed by atoms with Gasteiger partial charge in [-0.25, -0.2) is 24.4 Å². The maximum absolute atomic E-state index is 14.6. The Kier molecular flexibility index (Phi) is 7.68. The minimum atomic E-state index is -2.94. The number of hydrazine groups is 1. The first kappa shape index (κ1) is 27.8. The first-order valence-electron chi connectivity index (χ1n) is 12.0. The minimum absolute atomic E-state index is 0.0471. The topological polar surface area (TPSA) is 122 Å². The molecule has 1 aromatic carbocycles. The number of aromatic nitrogens is 2. The van der Waals surface area contributed by atoms with Crippen LogP contribution in [0.2, 0.25) is 0 Å². The van der Waals surface area contributed by atoms with Gasteiger partial charge < -0.3 is 14.8 Å². The van der Waals surface area contributed by atoms with Gasteiger partial charge in [0.1, 0.15) is 23.3 Å². The van der Waals surface area contributed by atoms with E-state index in [1.807, 2.05) is 4.90 Å². The first-order valence-corrected chi connectivity index (χ1v) is 12.0. The van der Waals surface area contributed by atoms with Crippen molar-refractivity contribution in [2.24, 2.45) is 5.84 Å². The third kappa shape index (κ3) is 5.76. The molecule has 3 heterocycles. The third-order valence-electron chi connectivity index (χ3n) is 6.40. The fourth-order valence-corrected chi connectivity index (χ4v) is 4.74. The van der Waals surface area contributed by atoms with Crippen LogP contribution in [0.25, 0.3) is 0 Å². The Balaban J connectivity index is 1.57. The zero-order valence-corrected chi connectivity index (χ0v) is 21.5. The second-order valence-corrected chi connectivity index (χ2v) is 10.4. The van der Waals surface area contributed by atoms with Gasteiger partial charge in [-0.05, 0) is 45.4 Å². The molecule has 14 heteroatoms. The third-order valence-corrected chi connectivity index (χ3v) is 6.40. The van der Waals surface area contributed by atoms with Crippen molar-refractivity contribution in [3.05, 3.63) is 52.6 Å². The average molecular weight is 542 g/mol. The Labute approximate surface area is 217 Å². The lowest BCUT2D eigenvalue weighted by molar-refractivity contribution is -0.0634. The summed E-state index contributed by atoms with van der Waals surface area (Å²) < 4.78 is 68.5. The Morgan fingerprint density at radius 2 is 2.03 bits per heavy atom. The lowest BCUT2D eigenvalue weighted by Gasteiger charge is -2.40. The van der Waals surface area contributed by atoms with Crippen LogP contribution < -0.4 is 11.2 Å². The maximum atomic E-state index is 14.6. The predicted octanol–water partition coefficient (Wildman–Crippen LogP) is 3.43. The number of fused-ring (bicyclic) bond motifs is 1. The van der Waals surface area contributed by atoms with Crippen molar-refractivity contribution in [3.63, 3.8) is 0 Å². The standard InChI is InChI=1S/C24H31F4N7O3/c1-24(2,3)38-23(36)32-16-8-13(11-37-19(16)14-7-12(25)5-6-15(14)26)34-9-17-18(10-34)35(22(27)28)21(31-17)20(29)33(4)30/h5-7,13,16,19,22,29H,8-11,30H2,1-4H3,(H,32,36)/t13?,16?,19-/m1/s1. The van der Waals surface area contributed by atoms with Gasteiger partial charge in [-0.3, -0.25) is 19.9 Å². The van der Waals surface area contributed by atoms with Gasteiger partial charge in [0.05, 0.1) is 24.0 Å². The highest BCUT2D eigenvalue weighted by Crippen LogP contribution is 2.36. The molecule has 0 saturated carbocycles. The molecule has 0 bridgehead atoms. The Morgan fingerprint density at radius 3 is 2.66 bits per heavy atom. The number of nitrogens with one attached hydrogen (secondary N) is 2. The molecule has 0 radical (unpaired) electrons. The SMILES string of the molecule is CN(N)C(=N)c1nc2c(n1C(F)F)CN(C1CO[C@H](c3cc(F)ccc3F)C(NC(=O)OC(C)(C)C)C1)C2. The number of benzene rings is 1. The van der Waals surface area contributed by atoms with Crippen LogP contribution in [0.5, 0.6) is 0 Å². The van der Waals surface area contributed by atoms with Crippen molar-refractivity contribution in [3.8, 4) is 0 Å². The summed E-state index contributed by atoms with van der Waals surface area (Å²) in [5, 5.41) is 11.6. The number of ether oxygens (including phenoxy) is 2. The highest BCUT2D eigenvalue weighted by Gasteiger charge is 2.41. The number of hydrogen-bond acceptors (Lipinski definition) is 7. The normalized spacial score (nSPS) is 21.9. The Morgan fingerprint density at radius 1 is 1.32 bits per heavy atom. The van der Waals surface area contributed by atoms with E-state index in [2.05, 4.69) is 10.3 Å². The summed E-state index contributed by atoms with van der Waals surface area (Å²) in [4.78, 5) is 18.7. The van der Waals surface area contributed by atoms with Crippen molar-refractivity contribution < 1.29 is 31.8 Å². The fourth-order valence-electron chi connectivity index (χ4n) is 4.74. The van der Waals surface area contributed by atoms with E-state index in [-0.39, 0.29) is 55.1 Å². The van der Waals surface area contributed by atoms with E-state index < -0.39 is 42.0 Å². The van der Waals surface area contributed by atoms with Gasteiger partial charge in [0.25, 0.3) is 0 Å². The number of rotatable bonds is 5. The summed E-state index contributed by atoms with van der Waals surface area (Å²) in [7, 11) is 1.36. The van der Waals surface area contributed by atoms with Crippen LogP contribution in [0.3, 0.4) is 0 Å². The number of imidazole rings is 1. The summed E-state index contributed by atoms with van der Waals surface area (Å²) in [6, 6.07) is 1.83.